The van der Waals surface area contributed by atoms with E-state index < -0.39 is 0 Å². The van der Waals surface area contributed by atoms with Gasteiger partial charge in [0.15, 0.2) is 5.78 Å². The Morgan fingerprint density at radius 3 is 2.55 bits per heavy atom. The number of carbonyl (C=O) groups excluding carboxylic acids is 1. The van der Waals surface area contributed by atoms with Crippen LogP contribution in [-0.4, -0.2) is 22.6 Å². The molecule has 1 saturated carbocycles. The molecule has 0 atom stereocenters. The number of hydrogen-bond donors (Lipinski definition) is 2. The Bertz CT molecular complexity index is 634. The predicted molar refractivity (Wildman–Crippen MR) is 86.6 cm³/mol. The topological polar surface area (TPSA) is 57.5 Å². The second-order valence-electron chi connectivity index (χ2n) is 7.05. The summed E-state index contributed by atoms with van der Waals surface area (Å²) < 4.78 is 0. The molecule has 0 amide bonds. The molecule has 2 N–H and O–H groups in total. The largest absolute Gasteiger partial charge is 0.511 e. The van der Waals surface area contributed by atoms with Crippen LogP contribution in [0.1, 0.15) is 48.8 Å². The van der Waals surface area contributed by atoms with Gasteiger partial charge in [0.1, 0.15) is 5.76 Å². The van der Waals surface area contributed by atoms with Crippen molar-refractivity contribution in [3.05, 3.63) is 40.6 Å². The van der Waals surface area contributed by atoms with E-state index in [9.17, 15) is 15.0 Å². The number of allylic oxidation sites excluding steroid dienone is 2. The summed E-state index contributed by atoms with van der Waals surface area (Å²) in [5.41, 5.74) is 3.15. The van der Waals surface area contributed by atoms with E-state index in [2.05, 4.69) is 0 Å². The lowest BCUT2D eigenvalue weighted by Crippen LogP contribution is -2.29. The van der Waals surface area contributed by atoms with E-state index >= 15 is 0 Å². The van der Waals surface area contributed by atoms with Gasteiger partial charge < -0.3 is 10.2 Å². The van der Waals surface area contributed by atoms with Crippen molar-refractivity contribution in [3.8, 4) is 0 Å². The summed E-state index contributed by atoms with van der Waals surface area (Å²) in [6.45, 7) is 4.19. The zero-order valence-corrected chi connectivity index (χ0v) is 13.4. The van der Waals surface area contributed by atoms with Crippen LogP contribution in [0.25, 0.3) is 5.57 Å². The van der Waals surface area contributed by atoms with Gasteiger partial charge >= 0.3 is 0 Å². The van der Waals surface area contributed by atoms with Crippen LogP contribution in [0, 0.1) is 25.2 Å². The minimum absolute atomic E-state index is 0.0636. The Morgan fingerprint density at radius 1 is 1.23 bits per heavy atom. The van der Waals surface area contributed by atoms with Gasteiger partial charge in [-0.15, -0.1) is 0 Å². The van der Waals surface area contributed by atoms with Gasteiger partial charge in [0.05, 0.1) is 5.57 Å². The molecule has 1 fully saturated rings. The number of carbonyl (C=O) groups is 1. The van der Waals surface area contributed by atoms with E-state index in [-0.39, 0.29) is 17.8 Å². The normalized spacial score (nSPS) is 28.7. The van der Waals surface area contributed by atoms with Crippen molar-refractivity contribution in [1.82, 2.24) is 0 Å². The van der Waals surface area contributed by atoms with Crippen molar-refractivity contribution >= 4 is 11.4 Å². The van der Waals surface area contributed by atoms with Crippen LogP contribution >= 0.6 is 0 Å². The number of benzene rings is 1. The van der Waals surface area contributed by atoms with Crippen LogP contribution < -0.4 is 0 Å². The highest BCUT2D eigenvalue weighted by Gasteiger charge is 2.48. The summed E-state index contributed by atoms with van der Waals surface area (Å²) in [6.07, 6.45) is 3.77. The Balaban J connectivity index is 2.00. The van der Waals surface area contributed by atoms with E-state index in [4.69, 9.17) is 0 Å². The van der Waals surface area contributed by atoms with Crippen molar-refractivity contribution in [2.24, 2.45) is 11.3 Å². The molecule has 22 heavy (non-hydrogen) atoms. The summed E-state index contributed by atoms with van der Waals surface area (Å²) >= 11 is 0. The maximum absolute atomic E-state index is 12.6. The first-order valence-corrected chi connectivity index (χ1v) is 8.12. The van der Waals surface area contributed by atoms with Crippen LogP contribution in [0.4, 0.5) is 0 Å². The summed E-state index contributed by atoms with van der Waals surface area (Å²) in [5, 5.41) is 20.2. The van der Waals surface area contributed by atoms with Crippen molar-refractivity contribution < 1.29 is 15.0 Å². The van der Waals surface area contributed by atoms with Crippen LogP contribution in [0.5, 0.6) is 0 Å². The van der Waals surface area contributed by atoms with Gasteiger partial charge in [0.2, 0.25) is 0 Å². The van der Waals surface area contributed by atoms with E-state index in [1.807, 2.05) is 32.0 Å². The van der Waals surface area contributed by atoms with Gasteiger partial charge in [-0.2, -0.15) is 0 Å². The van der Waals surface area contributed by atoms with Crippen LogP contribution in [0.3, 0.4) is 0 Å². The van der Waals surface area contributed by atoms with E-state index in [0.717, 1.165) is 42.4 Å². The Hall–Kier alpha value is -1.61. The van der Waals surface area contributed by atoms with Gasteiger partial charge in [0, 0.05) is 18.4 Å². The molecule has 3 heteroatoms. The van der Waals surface area contributed by atoms with Gasteiger partial charge in [-0.25, -0.2) is 0 Å². The molecule has 118 valence electrons. The molecule has 0 bridgehead atoms. The number of Topliss-reactive ketones (excluding diaryl/α,β-unsaturated/α-hetero) is 1. The third-order valence-electron chi connectivity index (χ3n) is 5.50. The number of ketones is 1. The van der Waals surface area contributed by atoms with Gasteiger partial charge in [-0.1, -0.05) is 23.8 Å². The minimum Gasteiger partial charge on any atom is -0.511 e. The third-order valence-corrected chi connectivity index (χ3v) is 5.50. The van der Waals surface area contributed by atoms with Crippen molar-refractivity contribution in [1.29, 1.82) is 0 Å². The van der Waals surface area contributed by atoms with Gasteiger partial charge in [-0.3, -0.25) is 4.79 Å². The smallest absolute Gasteiger partial charge is 0.167 e. The third kappa shape index (κ3) is 2.38. The molecular weight excluding hydrogens is 276 g/mol. The zero-order chi connectivity index (χ0) is 15.9. The fourth-order valence-electron chi connectivity index (χ4n) is 3.99. The molecule has 0 saturated heterocycles. The quantitative estimate of drug-likeness (QED) is 0.875. The number of aryl methyl sites for hydroxylation is 2. The molecule has 0 radical (unpaired) electrons. The van der Waals surface area contributed by atoms with E-state index in [1.165, 1.54) is 0 Å². The predicted octanol–water partition coefficient (Wildman–Crippen LogP) is 3.71. The highest BCUT2D eigenvalue weighted by molar-refractivity contribution is 6.24. The monoisotopic (exact) mass is 300 g/mol. The van der Waals surface area contributed by atoms with E-state index in [1.54, 1.807) is 0 Å². The summed E-state index contributed by atoms with van der Waals surface area (Å²) in [7, 11) is 0. The lowest BCUT2D eigenvalue weighted by Gasteiger charge is -2.36. The van der Waals surface area contributed by atoms with Crippen LogP contribution in [0.15, 0.2) is 24.0 Å². The standard InChI is InChI=1S/C19H24O3/c1-12-3-4-13(2)15(9-12)17-16(21)10-19(18(17)22)7-5-14(11-20)6-8-19/h3-4,9,14,20,22H,5-8,10-11H2,1-2H3. The Labute approximate surface area is 131 Å². The molecule has 1 aromatic rings. The molecular formula is C19H24O3. The summed E-state index contributed by atoms with van der Waals surface area (Å²) in [6, 6.07) is 6.03. The molecule has 2 aliphatic carbocycles. The average molecular weight is 300 g/mol. The first kappa shape index (κ1) is 15.3. The zero-order valence-electron chi connectivity index (χ0n) is 13.4. The minimum atomic E-state index is -0.381. The SMILES string of the molecule is Cc1ccc(C)c(C2=C(O)C3(CCC(CO)CC3)CC2=O)c1. The maximum Gasteiger partial charge on any atom is 0.167 e. The van der Waals surface area contributed by atoms with E-state index in [0.29, 0.717) is 23.7 Å². The molecule has 0 aromatic heterocycles. The van der Waals surface area contributed by atoms with Crippen molar-refractivity contribution in [2.45, 2.75) is 46.0 Å². The van der Waals surface area contributed by atoms with Crippen molar-refractivity contribution in [3.63, 3.8) is 0 Å². The molecule has 0 unspecified atom stereocenters. The number of rotatable bonds is 2. The first-order chi connectivity index (χ1) is 10.5. The number of hydrogen-bond acceptors (Lipinski definition) is 3. The molecule has 1 spiro atoms. The van der Waals surface area contributed by atoms with Gasteiger partial charge in [0.25, 0.3) is 0 Å². The fourth-order valence-corrected chi connectivity index (χ4v) is 3.99. The number of aliphatic hydroxyl groups excluding tert-OH is 2. The molecule has 3 rings (SSSR count). The molecule has 3 nitrogen and oxygen atoms in total. The molecule has 1 aromatic carbocycles. The van der Waals surface area contributed by atoms with Crippen LogP contribution in [0.2, 0.25) is 0 Å². The average Bonchev–Trinajstić information content (AvgIpc) is 2.74. The molecule has 0 aliphatic heterocycles. The second kappa shape index (κ2) is 5.54. The Kier molecular flexibility index (Phi) is 3.85. The second-order valence-corrected chi connectivity index (χ2v) is 7.05. The highest BCUT2D eigenvalue weighted by Crippen LogP contribution is 2.53. The lowest BCUT2D eigenvalue weighted by molar-refractivity contribution is -0.115. The summed E-state index contributed by atoms with van der Waals surface area (Å²) in [5.74, 6) is 0.675. The fraction of sp³-hybridized carbons (Fsp3) is 0.526. The lowest BCUT2D eigenvalue weighted by atomic mass is 9.69. The molecule has 0 heterocycles. The van der Waals surface area contributed by atoms with Crippen LogP contribution in [-0.2, 0) is 4.79 Å². The Morgan fingerprint density at radius 2 is 1.91 bits per heavy atom. The van der Waals surface area contributed by atoms with Gasteiger partial charge in [-0.05, 0) is 56.6 Å². The maximum atomic E-state index is 12.6. The van der Waals surface area contributed by atoms with Crippen molar-refractivity contribution in [2.75, 3.05) is 6.61 Å². The molecule has 2 aliphatic rings. The summed E-state index contributed by atoms with van der Waals surface area (Å²) in [4.78, 5) is 12.6. The highest BCUT2D eigenvalue weighted by atomic mass is 16.3. The first-order valence-electron chi connectivity index (χ1n) is 8.12. The number of aliphatic hydroxyl groups is 2.